The minimum Gasteiger partial charge on any atom is -0.491 e. The third-order valence-electron chi connectivity index (χ3n) is 6.11. The van der Waals surface area contributed by atoms with E-state index in [0.29, 0.717) is 47.9 Å². The Morgan fingerprint density at radius 1 is 0.950 bits per heavy atom. The first kappa shape index (κ1) is 28.5. The van der Waals surface area contributed by atoms with Gasteiger partial charge < -0.3 is 30.9 Å². The fraction of sp³-hybridized carbons (Fsp3) is 0.267. The smallest absolute Gasteiger partial charge is 0.251 e. The van der Waals surface area contributed by atoms with Gasteiger partial charge in [0.25, 0.3) is 5.91 Å². The summed E-state index contributed by atoms with van der Waals surface area (Å²) in [4.78, 5) is 25.9. The number of carbonyl (C=O) groups is 1. The lowest BCUT2D eigenvalue weighted by Gasteiger charge is -2.28. The molecule has 0 atom stereocenters. The number of methoxy groups -OCH3 is 1. The fourth-order valence-electron chi connectivity index (χ4n) is 4.26. The molecule has 5 N–H and O–H groups in total. The highest BCUT2D eigenvalue weighted by atomic mass is 16.5. The first-order valence-electron chi connectivity index (χ1n) is 12.9. The Morgan fingerprint density at radius 3 is 2.40 bits per heavy atom. The van der Waals surface area contributed by atoms with E-state index in [1.54, 1.807) is 19.2 Å². The summed E-state index contributed by atoms with van der Waals surface area (Å²) in [5.74, 6) is 1.18. The molecule has 0 spiro atoms. The molecular formula is C30H34N6O4. The summed E-state index contributed by atoms with van der Waals surface area (Å²) in [6.45, 7) is 4.60. The van der Waals surface area contributed by atoms with Gasteiger partial charge in [-0.3, -0.25) is 4.79 Å². The van der Waals surface area contributed by atoms with Crippen LogP contribution in [-0.4, -0.2) is 51.8 Å². The van der Waals surface area contributed by atoms with Crippen molar-refractivity contribution in [1.29, 1.82) is 0 Å². The highest BCUT2D eigenvalue weighted by molar-refractivity contribution is 5.94. The van der Waals surface area contributed by atoms with Gasteiger partial charge >= 0.3 is 0 Å². The molecule has 0 radical (unpaired) electrons. The van der Waals surface area contributed by atoms with Gasteiger partial charge in [0, 0.05) is 29.5 Å². The molecule has 0 saturated heterocycles. The van der Waals surface area contributed by atoms with Crippen molar-refractivity contribution in [1.82, 2.24) is 20.3 Å². The molecule has 1 amide bonds. The zero-order valence-electron chi connectivity index (χ0n) is 22.8. The summed E-state index contributed by atoms with van der Waals surface area (Å²) >= 11 is 0. The monoisotopic (exact) mass is 542 g/mol. The van der Waals surface area contributed by atoms with Crippen LogP contribution in [0.15, 0.2) is 72.8 Å². The van der Waals surface area contributed by atoms with E-state index in [-0.39, 0.29) is 24.4 Å². The molecule has 0 saturated carbocycles. The van der Waals surface area contributed by atoms with E-state index in [1.807, 2.05) is 74.5 Å². The van der Waals surface area contributed by atoms with Crippen LogP contribution in [0.3, 0.4) is 0 Å². The fourth-order valence-corrected chi connectivity index (χ4v) is 4.26. The van der Waals surface area contributed by atoms with Gasteiger partial charge in [0.15, 0.2) is 5.82 Å². The van der Waals surface area contributed by atoms with Gasteiger partial charge in [-0.25, -0.2) is 0 Å². The van der Waals surface area contributed by atoms with Crippen LogP contribution in [0.2, 0.25) is 0 Å². The Labute approximate surface area is 233 Å². The number of nitrogens with zero attached hydrogens (tertiary/aromatic N) is 3. The maximum absolute atomic E-state index is 12.8. The van der Waals surface area contributed by atoms with Crippen LogP contribution in [0, 0.1) is 0 Å². The van der Waals surface area contributed by atoms with Crippen LogP contribution in [0.1, 0.15) is 35.3 Å². The molecule has 0 bridgehead atoms. The first-order valence-corrected chi connectivity index (χ1v) is 12.9. The Bertz CT molecular complexity index is 1430. The van der Waals surface area contributed by atoms with Crippen molar-refractivity contribution in [2.45, 2.75) is 32.4 Å². The van der Waals surface area contributed by atoms with Crippen LogP contribution in [0.5, 0.6) is 5.75 Å². The Morgan fingerprint density at radius 2 is 1.70 bits per heavy atom. The number of aromatic nitrogens is 3. The molecule has 0 fully saturated rings. The van der Waals surface area contributed by atoms with E-state index in [4.69, 9.17) is 15.2 Å². The van der Waals surface area contributed by atoms with E-state index >= 15 is 0 Å². The van der Waals surface area contributed by atoms with Crippen LogP contribution < -0.4 is 21.1 Å². The zero-order valence-corrected chi connectivity index (χ0v) is 22.8. The number of aliphatic hydroxyl groups is 1. The second-order valence-corrected chi connectivity index (χ2v) is 9.81. The van der Waals surface area contributed by atoms with Crippen molar-refractivity contribution < 1.29 is 19.4 Å². The topological polar surface area (TPSA) is 145 Å². The molecule has 3 aromatic carbocycles. The third kappa shape index (κ3) is 7.52. The van der Waals surface area contributed by atoms with Crippen LogP contribution in [0.4, 0.5) is 17.6 Å². The van der Waals surface area contributed by atoms with Gasteiger partial charge in [0.05, 0.1) is 13.2 Å². The van der Waals surface area contributed by atoms with Crippen molar-refractivity contribution in [3.8, 4) is 17.1 Å². The normalized spacial score (nSPS) is 11.2. The molecule has 1 heterocycles. The lowest BCUT2D eigenvalue weighted by molar-refractivity contribution is 0.0913. The van der Waals surface area contributed by atoms with Crippen molar-refractivity contribution in [2.75, 3.05) is 31.4 Å². The van der Waals surface area contributed by atoms with Gasteiger partial charge in [-0.05, 0) is 67.8 Å². The number of benzene rings is 3. The summed E-state index contributed by atoms with van der Waals surface area (Å²) < 4.78 is 10.6. The lowest BCUT2D eigenvalue weighted by Crippen LogP contribution is -2.45. The van der Waals surface area contributed by atoms with E-state index < -0.39 is 5.54 Å². The minimum absolute atomic E-state index is 0.0387. The SMILES string of the molecule is COCCOc1ccc(Nc2nc(N)nc(-c3cccc(CC(C)(C)NC(=O)c4ccccc4)c3CO)n2)cc1. The number of amides is 1. The number of nitrogen functional groups attached to an aromatic ring is 1. The lowest BCUT2D eigenvalue weighted by atomic mass is 9.89. The summed E-state index contributed by atoms with van der Waals surface area (Å²) in [5, 5.41) is 16.6. The third-order valence-corrected chi connectivity index (χ3v) is 6.11. The Kier molecular flexibility index (Phi) is 9.26. The van der Waals surface area contributed by atoms with E-state index in [0.717, 1.165) is 11.3 Å². The summed E-state index contributed by atoms with van der Waals surface area (Å²) in [7, 11) is 1.62. The van der Waals surface area contributed by atoms with E-state index in [2.05, 4.69) is 25.6 Å². The molecule has 0 unspecified atom stereocenters. The number of hydrogen-bond acceptors (Lipinski definition) is 9. The molecule has 4 aromatic rings. The molecule has 0 aliphatic heterocycles. The number of aliphatic hydroxyl groups excluding tert-OH is 1. The highest BCUT2D eigenvalue weighted by Gasteiger charge is 2.24. The molecule has 0 aliphatic rings. The van der Waals surface area contributed by atoms with Crippen LogP contribution in [0.25, 0.3) is 11.4 Å². The van der Waals surface area contributed by atoms with Gasteiger partial charge in [-0.15, -0.1) is 0 Å². The number of nitrogens with one attached hydrogen (secondary N) is 2. The maximum atomic E-state index is 12.8. The predicted molar refractivity (Wildman–Crippen MR) is 154 cm³/mol. The molecule has 1 aromatic heterocycles. The van der Waals surface area contributed by atoms with Crippen LogP contribution in [-0.2, 0) is 17.8 Å². The molecule has 10 heteroatoms. The second kappa shape index (κ2) is 13.0. The van der Waals surface area contributed by atoms with Crippen molar-refractivity contribution in [3.63, 3.8) is 0 Å². The molecular weight excluding hydrogens is 508 g/mol. The average Bonchev–Trinajstić information content (AvgIpc) is 2.93. The van der Waals surface area contributed by atoms with E-state index in [1.165, 1.54) is 0 Å². The molecule has 10 nitrogen and oxygen atoms in total. The largest absolute Gasteiger partial charge is 0.491 e. The quantitative estimate of drug-likeness (QED) is 0.194. The Hall–Kier alpha value is -4.54. The van der Waals surface area contributed by atoms with E-state index in [9.17, 15) is 9.90 Å². The minimum atomic E-state index is -0.597. The summed E-state index contributed by atoms with van der Waals surface area (Å²) in [6, 6.07) is 22.0. The molecule has 208 valence electrons. The summed E-state index contributed by atoms with van der Waals surface area (Å²) in [5.41, 5.74) is 8.90. The van der Waals surface area contributed by atoms with Gasteiger partial charge in [-0.2, -0.15) is 15.0 Å². The van der Waals surface area contributed by atoms with Crippen molar-refractivity contribution in [3.05, 3.63) is 89.5 Å². The zero-order chi connectivity index (χ0) is 28.5. The van der Waals surface area contributed by atoms with Gasteiger partial charge in [-0.1, -0.05) is 36.4 Å². The standard InChI is InChI=1S/C30H34N6O4/c1-30(2,36-27(38)20-8-5-4-6-9-20)18-21-10-7-11-24(25(21)19-37)26-33-28(31)35-29(34-26)32-22-12-14-23(15-13-22)40-17-16-39-3/h4-15,37H,16-19H2,1-3H3,(H,36,38)(H3,31,32,33,34,35). The predicted octanol–water partition coefficient (Wildman–Crippen LogP) is 4.13. The summed E-state index contributed by atoms with van der Waals surface area (Å²) in [6.07, 6.45) is 0.472. The van der Waals surface area contributed by atoms with Crippen molar-refractivity contribution in [2.24, 2.45) is 0 Å². The van der Waals surface area contributed by atoms with Gasteiger partial charge in [0.1, 0.15) is 12.4 Å². The van der Waals surface area contributed by atoms with Crippen LogP contribution >= 0.6 is 0 Å². The number of anilines is 3. The molecule has 40 heavy (non-hydrogen) atoms. The molecule has 4 rings (SSSR count). The maximum Gasteiger partial charge on any atom is 0.251 e. The number of nitrogens with two attached hydrogens (primary N) is 1. The number of hydrogen-bond donors (Lipinski definition) is 4. The number of ether oxygens (including phenoxy) is 2. The van der Waals surface area contributed by atoms with Crippen molar-refractivity contribution >= 4 is 23.5 Å². The highest BCUT2D eigenvalue weighted by Crippen LogP contribution is 2.28. The number of carbonyl (C=O) groups excluding carboxylic acids is 1. The number of rotatable bonds is 12. The molecule has 0 aliphatic carbocycles. The first-order chi connectivity index (χ1) is 19.3. The average molecular weight is 543 g/mol. The Balaban J connectivity index is 1.54. The van der Waals surface area contributed by atoms with Gasteiger partial charge in [0.2, 0.25) is 11.9 Å². The second-order valence-electron chi connectivity index (χ2n) is 9.81.